The predicted molar refractivity (Wildman–Crippen MR) is 68.2 cm³/mol. The van der Waals surface area contributed by atoms with Gasteiger partial charge >= 0.3 is 5.97 Å². The predicted octanol–water partition coefficient (Wildman–Crippen LogP) is 1.74. The van der Waals surface area contributed by atoms with Crippen LogP contribution in [0.2, 0.25) is 0 Å². The minimum absolute atomic E-state index is 0.0485. The van der Waals surface area contributed by atoms with E-state index in [1.54, 1.807) is 11.8 Å². The van der Waals surface area contributed by atoms with Crippen molar-refractivity contribution in [2.45, 2.75) is 32.2 Å². The molecule has 0 bridgehead atoms. The zero-order valence-corrected chi connectivity index (χ0v) is 10.6. The smallest absolute Gasteiger partial charge is 0.326 e. The van der Waals surface area contributed by atoms with Gasteiger partial charge in [0, 0.05) is 12.6 Å². The van der Waals surface area contributed by atoms with Crippen LogP contribution >= 0.6 is 0 Å². The van der Waals surface area contributed by atoms with Gasteiger partial charge in [-0.15, -0.1) is 0 Å². The number of nitro groups is 1. The highest BCUT2D eigenvalue weighted by atomic mass is 16.6. The number of nitrogens with zero attached hydrogens (tertiary/aromatic N) is 3. The summed E-state index contributed by atoms with van der Waals surface area (Å²) in [7, 11) is 0. The Morgan fingerprint density at radius 1 is 1.53 bits per heavy atom. The minimum Gasteiger partial charge on any atom is -0.480 e. The maximum absolute atomic E-state index is 11.2. The molecule has 102 valence electrons. The van der Waals surface area contributed by atoms with Crippen LogP contribution in [0.5, 0.6) is 0 Å². The van der Waals surface area contributed by atoms with Crippen molar-refractivity contribution in [3.63, 3.8) is 0 Å². The third-order valence-corrected chi connectivity index (χ3v) is 3.32. The lowest BCUT2D eigenvalue weighted by molar-refractivity contribution is -0.385. The zero-order chi connectivity index (χ0) is 14.0. The number of piperidine rings is 1. The number of carboxylic acid groups (broad SMARTS) is 1. The average Bonchev–Trinajstić information content (AvgIpc) is 2.38. The molecule has 0 aromatic carbocycles. The topological polar surface area (TPSA) is 96.6 Å². The van der Waals surface area contributed by atoms with Crippen molar-refractivity contribution in [1.82, 2.24) is 4.98 Å². The molecule has 0 radical (unpaired) electrons. The van der Waals surface area contributed by atoms with Crippen LogP contribution in [0.3, 0.4) is 0 Å². The molecule has 7 heteroatoms. The molecule has 2 rings (SSSR count). The van der Waals surface area contributed by atoms with Crippen LogP contribution in [0.4, 0.5) is 11.5 Å². The largest absolute Gasteiger partial charge is 0.480 e. The van der Waals surface area contributed by atoms with Gasteiger partial charge in [0.1, 0.15) is 17.6 Å². The van der Waals surface area contributed by atoms with Crippen molar-refractivity contribution in [2.24, 2.45) is 0 Å². The fourth-order valence-electron chi connectivity index (χ4n) is 2.36. The Morgan fingerprint density at radius 2 is 2.26 bits per heavy atom. The maximum atomic E-state index is 11.2. The molecular weight excluding hydrogens is 250 g/mol. The minimum atomic E-state index is -0.877. The summed E-state index contributed by atoms with van der Waals surface area (Å²) in [6.45, 7) is 2.17. The first-order valence-corrected chi connectivity index (χ1v) is 6.12. The lowest BCUT2D eigenvalue weighted by atomic mass is 10.0. The van der Waals surface area contributed by atoms with Gasteiger partial charge < -0.3 is 10.0 Å². The van der Waals surface area contributed by atoms with Gasteiger partial charge in [0.15, 0.2) is 0 Å². The highest BCUT2D eigenvalue weighted by molar-refractivity contribution is 5.78. The van der Waals surface area contributed by atoms with Gasteiger partial charge in [0.25, 0.3) is 5.69 Å². The van der Waals surface area contributed by atoms with Crippen LogP contribution in [0, 0.1) is 17.0 Å². The number of aryl methyl sites for hydroxylation is 1. The van der Waals surface area contributed by atoms with Gasteiger partial charge in [-0.05, 0) is 32.3 Å². The van der Waals surface area contributed by atoms with Gasteiger partial charge in [-0.3, -0.25) is 10.1 Å². The van der Waals surface area contributed by atoms with Gasteiger partial charge in [-0.2, -0.15) is 0 Å². The van der Waals surface area contributed by atoms with Crippen LogP contribution in [0.1, 0.15) is 25.0 Å². The molecule has 19 heavy (non-hydrogen) atoms. The van der Waals surface area contributed by atoms with E-state index in [0.717, 1.165) is 12.8 Å². The van der Waals surface area contributed by atoms with E-state index in [-0.39, 0.29) is 5.69 Å². The third-order valence-electron chi connectivity index (χ3n) is 3.32. The maximum Gasteiger partial charge on any atom is 0.326 e. The summed E-state index contributed by atoms with van der Waals surface area (Å²) >= 11 is 0. The second kappa shape index (κ2) is 5.21. The molecule has 1 aliphatic heterocycles. The van der Waals surface area contributed by atoms with E-state index in [0.29, 0.717) is 24.5 Å². The SMILES string of the molecule is Cc1nc(N2CCCCC2C(=O)O)ccc1[N+](=O)[O-]. The number of hydrogen-bond acceptors (Lipinski definition) is 5. The van der Waals surface area contributed by atoms with E-state index in [4.69, 9.17) is 0 Å². The molecule has 1 unspecified atom stereocenters. The standard InChI is InChI=1S/C12H15N3O4/c1-8-9(15(18)19)5-6-11(13-8)14-7-3-2-4-10(14)12(16)17/h5-6,10H,2-4,7H2,1H3,(H,16,17). The van der Waals surface area contributed by atoms with Crippen LogP contribution in [-0.4, -0.2) is 33.6 Å². The first-order valence-electron chi connectivity index (χ1n) is 6.12. The molecule has 1 aromatic heterocycles. The molecule has 1 saturated heterocycles. The number of pyridine rings is 1. The molecule has 2 heterocycles. The van der Waals surface area contributed by atoms with E-state index in [1.165, 1.54) is 12.1 Å². The number of carboxylic acids is 1. The fraction of sp³-hybridized carbons (Fsp3) is 0.500. The summed E-state index contributed by atoms with van der Waals surface area (Å²) in [5, 5.41) is 19.9. The van der Waals surface area contributed by atoms with Gasteiger partial charge in [0.05, 0.1) is 4.92 Å². The first kappa shape index (κ1) is 13.3. The molecule has 1 aliphatic rings. The Kier molecular flexibility index (Phi) is 3.64. The molecule has 1 fully saturated rings. The summed E-state index contributed by atoms with van der Waals surface area (Å²) in [5.41, 5.74) is 0.254. The molecule has 0 aliphatic carbocycles. The van der Waals surface area contributed by atoms with Gasteiger partial charge in [-0.25, -0.2) is 9.78 Å². The Balaban J connectivity index is 2.32. The molecule has 0 saturated carbocycles. The average molecular weight is 265 g/mol. The van der Waals surface area contributed by atoms with Crippen LogP contribution in [0.25, 0.3) is 0 Å². The summed E-state index contributed by atoms with van der Waals surface area (Å²) in [4.78, 5) is 27.4. The Labute approximate surface area is 110 Å². The lowest BCUT2D eigenvalue weighted by Gasteiger charge is -2.33. The van der Waals surface area contributed by atoms with Crippen LogP contribution < -0.4 is 4.90 Å². The summed E-state index contributed by atoms with van der Waals surface area (Å²) in [6.07, 6.45) is 2.36. The monoisotopic (exact) mass is 265 g/mol. The van der Waals surface area contributed by atoms with Crippen molar-refractivity contribution in [1.29, 1.82) is 0 Å². The molecule has 1 atom stereocenters. The molecule has 7 nitrogen and oxygen atoms in total. The van der Waals surface area contributed by atoms with E-state index in [1.807, 2.05) is 0 Å². The number of anilines is 1. The second-order valence-corrected chi connectivity index (χ2v) is 4.57. The summed E-state index contributed by atoms with van der Waals surface area (Å²) < 4.78 is 0. The van der Waals surface area contributed by atoms with Crippen molar-refractivity contribution in [2.75, 3.05) is 11.4 Å². The summed E-state index contributed by atoms with van der Waals surface area (Å²) in [5.74, 6) is -0.382. The van der Waals surface area contributed by atoms with Crippen LogP contribution in [-0.2, 0) is 4.79 Å². The van der Waals surface area contributed by atoms with Crippen molar-refractivity contribution in [3.8, 4) is 0 Å². The number of hydrogen-bond donors (Lipinski definition) is 1. The fourth-order valence-corrected chi connectivity index (χ4v) is 2.36. The molecule has 0 amide bonds. The Bertz CT molecular complexity index is 518. The highest BCUT2D eigenvalue weighted by Gasteiger charge is 2.30. The Hall–Kier alpha value is -2.18. The first-order chi connectivity index (χ1) is 9.00. The number of aromatic nitrogens is 1. The van der Waals surface area contributed by atoms with Gasteiger partial charge in [-0.1, -0.05) is 0 Å². The Morgan fingerprint density at radius 3 is 2.84 bits per heavy atom. The normalized spacial score (nSPS) is 19.2. The molecule has 1 aromatic rings. The number of aliphatic carboxylic acids is 1. The number of carbonyl (C=O) groups is 1. The third kappa shape index (κ3) is 2.64. The van der Waals surface area contributed by atoms with E-state index in [2.05, 4.69) is 4.98 Å². The summed E-state index contributed by atoms with van der Waals surface area (Å²) in [6, 6.07) is 2.31. The highest BCUT2D eigenvalue weighted by Crippen LogP contribution is 2.26. The van der Waals surface area contributed by atoms with Gasteiger partial charge in [0.2, 0.25) is 0 Å². The quantitative estimate of drug-likeness (QED) is 0.660. The van der Waals surface area contributed by atoms with E-state index >= 15 is 0 Å². The van der Waals surface area contributed by atoms with E-state index < -0.39 is 16.9 Å². The zero-order valence-electron chi connectivity index (χ0n) is 10.6. The van der Waals surface area contributed by atoms with Crippen LogP contribution in [0.15, 0.2) is 12.1 Å². The molecule has 1 N–H and O–H groups in total. The van der Waals surface area contributed by atoms with Crippen molar-refractivity contribution in [3.05, 3.63) is 27.9 Å². The second-order valence-electron chi connectivity index (χ2n) is 4.57. The molecular formula is C12H15N3O4. The van der Waals surface area contributed by atoms with Crippen molar-refractivity contribution >= 4 is 17.5 Å². The number of rotatable bonds is 3. The van der Waals surface area contributed by atoms with E-state index in [9.17, 15) is 20.0 Å². The van der Waals surface area contributed by atoms with Crippen molar-refractivity contribution < 1.29 is 14.8 Å². The lowest BCUT2D eigenvalue weighted by Crippen LogP contribution is -2.45. The molecule has 0 spiro atoms.